The summed E-state index contributed by atoms with van der Waals surface area (Å²) in [6.45, 7) is 11.8. The summed E-state index contributed by atoms with van der Waals surface area (Å²) in [5.41, 5.74) is 2.51. The van der Waals surface area contributed by atoms with Gasteiger partial charge in [-0.2, -0.15) is 33.3 Å². The van der Waals surface area contributed by atoms with Crippen molar-refractivity contribution < 1.29 is 27.4 Å². The van der Waals surface area contributed by atoms with Gasteiger partial charge in [0.25, 0.3) is 0 Å². The smallest absolute Gasteiger partial charge is 0.416 e. The van der Waals surface area contributed by atoms with Crippen molar-refractivity contribution in [1.82, 2.24) is 29.3 Å². The van der Waals surface area contributed by atoms with Crippen molar-refractivity contribution >= 4 is 11.4 Å². The van der Waals surface area contributed by atoms with Gasteiger partial charge in [-0.25, -0.2) is 14.0 Å². The Bertz CT molecular complexity index is 1940. The Labute approximate surface area is 306 Å². The van der Waals surface area contributed by atoms with Crippen LogP contribution in [0.2, 0.25) is 0 Å². The normalized spacial score (nSPS) is 19.5. The summed E-state index contributed by atoms with van der Waals surface area (Å²) >= 11 is 0. The zero-order valence-corrected chi connectivity index (χ0v) is 30.3. The first-order valence-electron chi connectivity index (χ1n) is 17.9. The van der Waals surface area contributed by atoms with Gasteiger partial charge in [-0.1, -0.05) is 32.9 Å². The number of piperazine rings is 1. The summed E-state index contributed by atoms with van der Waals surface area (Å²) in [5, 5.41) is 12.5. The summed E-state index contributed by atoms with van der Waals surface area (Å²) < 4.78 is 61.2. The highest BCUT2D eigenvalue weighted by molar-refractivity contribution is 5.54. The average Bonchev–Trinajstić information content (AvgIpc) is 3.96. The van der Waals surface area contributed by atoms with Crippen LogP contribution in [0.1, 0.15) is 51.3 Å². The van der Waals surface area contributed by atoms with E-state index in [1.54, 1.807) is 10.9 Å². The van der Waals surface area contributed by atoms with Crippen molar-refractivity contribution in [2.75, 3.05) is 49.2 Å². The van der Waals surface area contributed by atoms with Gasteiger partial charge in [-0.3, -0.25) is 0 Å². The average molecular weight is 735 g/mol. The maximum Gasteiger partial charge on any atom is 0.416 e. The lowest BCUT2D eigenvalue weighted by atomic mass is 10.0. The zero-order chi connectivity index (χ0) is 37.6. The van der Waals surface area contributed by atoms with Gasteiger partial charge in [-0.05, 0) is 74.0 Å². The quantitative estimate of drug-likeness (QED) is 0.154. The number of ether oxygens (including phenoxy) is 3. The van der Waals surface area contributed by atoms with Gasteiger partial charge in [0.15, 0.2) is 0 Å². The molecule has 15 heteroatoms. The first kappa shape index (κ1) is 37.6. The number of aromatic nitrogens is 6. The molecular weight excluding hydrogens is 689 g/mol. The van der Waals surface area contributed by atoms with Crippen molar-refractivity contribution in [1.29, 1.82) is 0 Å². The van der Waals surface area contributed by atoms with Gasteiger partial charge in [-0.15, -0.1) is 0 Å². The monoisotopic (exact) mass is 734 g/mol. The fourth-order valence-corrected chi connectivity index (χ4v) is 6.35. The number of benzene rings is 3. The molecule has 2 fully saturated rings. The molecule has 0 N–H and O–H groups in total. The molecule has 0 spiro atoms. The summed E-state index contributed by atoms with van der Waals surface area (Å²) in [7, 11) is 0. The van der Waals surface area contributed by atoms with Crippen molar-refractivity contribution in [2.45, 2.75) is 64.8 Å². The predicted molar refractivity (Wildman–Crippen MR) is 195 cm³/mol. The van der Waals surface area contributed by atoms with E-state index in [-0.39, 0.29) is 31.5 Å². The van der Waals surface area contributed by atoms with E-state index in [0.717, 1.165) is 61.8 Å². The molecule has 2 aliphatic heterocycles. The second-order valence-electron chi connectivity index (χ2n) is 12.7. The highest BCUT2D eigenvalue weighted by Gasteiger charge is 2.45. The van der Waals surface area contributed by atoms with Crippen LogP contribution in [-0.2, 0) is 28.0 Å². The first-order valence-corrected chi connectivity index (χ1v) is 17.9. The second kappa shape index (κ2) is 16.3. The summed E-state index contributed by atoms with van der Waals surface area (Å²) in [6.07, 6.45) is 0.496. The number of hydrogen-bond donors (Lipinski definition) is 0. The van der Waals surface area contributed by atoms with Crippen LogP contribution in [0.3, 0.4) is 0 Å². The number of hydrogen-bond acceptors (Lipinski definition) is 9. The standard InChI is InChI=1S/C36H39F3N8O4.C2H6/c1-3-26(2)47-34(48)45(25-42-47)31-10-8-29(9-11-31)43-18-20-44(21-19-43)30-12-14-32(15-13-30)49-22-33-23-50-35(51-33,24-46-40-16-17-41-46)27-4-6-28(7-5-27)36(37,38)39;1-2/h4-17,25-26,33H,3,18-24H2,1-2H3;1-2H3. The van der Waals surface area contributed by atoms with Gasteiger partial charge in [0, 0.05) is 43.1 Å². The molecule has 0 radical (unpaired) electrons. The lowest BCUT2D eigenvalue weighted by Crippen LogP contribution is -2.46. The minimum Gasteiger partial charge on any atom is -0.491 e. The molecule has 3 unspecified atom stereocenters. The SMILES string of the molecule is CC.CCC(C)n1ncn(-c2ccc(N3CCN(c4ccc(OCC5COC(Cn6nccn6)(c6ccc(C(F)(F)F)cc6)O5)cc4)CC3)cc2)c1=O. The van der Waals surface area contributed by atoms with E-state index in [1.807, 2.05) is 76.2 Å². The van der Waals surface area contributed by atoms with Crippen LogP contribution in [0.25, 0.3) is 5.69 Å². The molecule has 0 aliphatic carbocycles. The Morgan fingerprint density at radius 2 is 1.42 bits per heavy atom. The minimum atomic E-state index is -4.45. The van der Waals surface area contributed by atoms with E-state index in [2.05, 4.69) is 25.1 Å². The van der Waals surface area contributed by atoms with Crippen molar-refractivity contribution in [2.24, 2.45) is 0 Å². The molecule has 53 heavy (non-hydrogen) atoms. The topological polar surface area (TPSA) is 105 Å². The van der Waals surface area contributed by atoms with Gasteiger partial charge in [0.1, 0.15) is 31.3 Å². The Balaban J connectivity index is 0.00000236. The largest absolute Gasteiger partial charge is 0.491 e. The van der Waals surface area contributed by atoms with Crippen molar-refractivity contribution in [3.63, 3.8) is 0 Å². The molecule has 5 aromatic rings. The molecule has 7 rings (SSSR count). The van der Waals surface area contributed by atoms with Crippen LogP contribution in [0, 0.1) is 0 Å². The third kappa shape index (κ3) is 8.41. The molecule has 0 amide bonds. The number of nitrogens with zero attached hydrogens (tertiary/aromatic N) is 8. The van der Waals surface area contributed by atoms with Crippen molar-refractivity contribution in [3.8, 4) is 11.4 Å². The maximum atomic E-state index is 13.2. The lowest BCUT2D eigenvalue weighted by molar-refractivity contribution is -0.192. The van der Waals surface area contributed by atoms with Crippen LogP contribution in [-0.4, -0.2) is 74.8 Å². The van der Waals surface area contributed by atoms with Crippen LogP contribution in [0.4, 0.5) is 24.5 Å². The molecule has 2 aromatic heterocycles. The van der Waals surface area contributed by atoms with E-state index < -0.39 is 23.6 Å². The Morgan fingerprint density at radius 1 is 0.849 bits per heavy atom. The number of halogens is 3. The summed E-state index contributed by atoms with van der Waals surface area (Å²) in [5.74, 6) is -0.710. The molecular formula is C38H45F3N8O4. The van der Waals surface area contributed by atoms with Crippen LogP contribution in [0.5, 0.6) is 5.75 Å². The van der Waals surface area contributed by atoms with Gasteiger partial charge in [0.2, 0.25) is 5.79 Å². The highest BCUT2D eigenvalue weighted by atomic mass is 19.4. The van der Waals surface area contributed by atoms with Gasteiger partial charge < -0.3 is 24.0 Å². The summed E-state index contributed by atoms with van der Waals surface area (Å²) in [4.78, 5) is 18.8. The van der Waals surface area contributed by atoms with Gasteiger partial charge in [0.05, 0.1) is 36.3 Å². The molecule has 282 valence electrons. The summed E-state index contributed by atoms with van der Waals surface area (Å²) in [6, 6.07) is 20.7. The minimum absolute atomic E-state index is 0.0453. The molecule has 4 heterocycles. The van der Waals surface area contributed by atoms with Crippen LogP contribution >= 0.6 is 0 Å². The van der Waals surface area contributed by atoms with Crippen LogP contribution < -0.4 is 20.2 Å². The third-order valence-corrected chi connectivity index (χ3v) is 9.44. The number of alkyl halides is 3. The molecule has 0 bridgehead atoms. The van der Waals surface area contributed by atoms with E-state index in [4.69, 9.17) is 14.2 Å². The molecule has 0 saturated carbocycles. The maximum absolute atomic E-state index is 13.2. The molecule has 3 aromatic carbocycles. The van der Waals surface area contributed by atoms with E-state index in [9.17, 15) is 18.0 Å². The fraction of sp³-hybridized carbons (Fsp3) is 0.421. The molecule has 2 aliphatic rings. The third-order valence-electron chi connectivity index (χ3n) is 9.44. The van der Waals surface area contributed by atoms with Crippen LogP contribution in [0.15, 0.2) is 96.3 Å². The van der Waals surface area contributed by atoms with Gasteiger partial charge >= 0.3 is 11.9 Å². The zero-order valence-electron chi connectivity index (χ0n) is 30.3. The van der Waals surface area contributed by atoms with E-state index >= 15 is 0 Å². The lowest BCUT2D eigenvalue weighted by Gasteiger charge is -2.37. The second-order valence-corrected chi connectivity index (χ2v) is 12.7. The highest BCUT2D eigenvalue weighted by Crippen LogP contribution is 2.38. The Morgan fingerprint density at radius 3 is 1.98 bits per heavy atom. The number of rotatable bonds is 11. The van der Waals surface area contributed by atoms with E-state index in [0.29, 0.717) is 11.3 Å². The number of anilines is 2. The molecule has 12 nitrogen and oxygen atoms in total. The predicted octanol–water partition coefficient (Wildman–Crippen LogP) is 6.32. The Kier molecular flexibility index (Phi) is 11.5. The molecule has 2 saturated heterocycles. The van der Waals surface area contributed by atoms with Crippen molar-refractivity contribution in [3.05, 3.63) is 113 Å². The molecule has 3 atom stereocenters. The van der Waals surface area contributed by atoms with E-state index in [1.165, 1.54) is 34.0 Å². The fourth-order valence-electron chi connectivity index (χ4n) is 6.35. The first-order chi connectivity index (χ1) is 25.6. The Hall–Kier alpha value is -5.15.